The van der Waals surface area contributed by atoms with Crippen molar-refractivity contribution < 1.29 is 23.8 Å². The summed E-state index contributed by atoms with van der Waals surface area (Å²) in [7, 11) is 1.17. The second-order valence-corrected chi connectivity index (χ2v) is 6.65. The molecule has 25 heavy (non-hydrogen) atoms. The number of rotatable bonds is 5. The van der Waals surface area contributed by atoms with Crippen LogP contribution in [-0.2, 0) is 14.3 Å². The SMILES string of the molecule is COC(=O)C1=C(Nc2c(Br)cc(Br)c(F)c2C#N)C(=O)N(CCO)C1. The maximum absolute atomic E-state index is 14.2. The highest BCUT2D eigenvalue weighted by molar-refractivity contribution is 9.11. The minimum absolute atomic E-state index is 0.0128. The smallest absolute Gasteiger partial charge is 0.337 e. The molecule has 2 N–H and O–H groups in total. The van der Waals surface area contributed by atoms with Gasteiger partial charge in [0.05, 0.1) is 36.0 Å². The first-order valence-corrected chi connectivity index (χ1v) is 8.50. The highest BCUT2D eigenvalue weighted by Gasteiger charge is 2.35. The molecule has 1 aliphatic heterocycles. The van der Waals surface area contributed by atoms with Crippen molar-refractivity contribution in [1.29, 1.82) is 5.26 Å². The van der Waals surface area contributed by atoms with Gasteiger partial charge in [0.1, 0.15) is 17.3 Å². The van der Waals surface area contributed by atoms with Crippen molar-refractivity contribution in [2.45, 2.75) is 0 Å². The number of ether oxygens (including phenoxy) is 1. The summed E-state index contributed by atoms with van der Waals surface area (Å²) in [5.74, 6) is -2.09. The Kier molecular flexibility index (Phi) is 6.16. The summed E-state index contributed by atoms with van der Waals surface area (Å²) >= 11 is 6.21. The predicted molar refractivity (Wildman–Crippen MR) is 92.8 cm³/mol. The zero-order valence-electron chi connectivity index (χ0n) is 12.9. The van der Waals surface area contributed by atoms with Gasteiger partial charge in [-0.15, -0.1) is 0 Å². The highest BCUT2D eigenvalue weighted by Crippen LogP contribution is 2.35. The fourth-order valence-electron chi connectivity index (χ4n) is 2.30. The molecule has 0 spiro atoms. The van der Waals surface area contributed by atoms with Crippen LogP contribution >= 0.6 is 31.9 Å². The molecule has 1 aromatic rings. The third-order valence-corrected chi connectivity index (χ3v) is 4.69. The molecule has 1 aromatic carbocycles. The molecule has 132 valence electrons. The standard InChI is InChI=1S/C15H12Br2FN3O4/c1-25-15(24)8-6-21(2-3-22)14(23)13(8)20-12-7(5-19)11(18)9(16)4-10(12)17/h4,20,22H,2-3,6H2,1H3. The fourth-order valence-corrected chi connectivity index (χ4v) is 3.56. The van der Waals surface area contributed by atoms with E-state index in [1.54, 1.807) is 6.07 Å². The number of anilines is 1. The van der Waals surface area contributed by atoms with Gasteiger partial charge in [-0.25, -0.2) is 9.18 Å². The summed E-state index contributed by atoms with van der Waals surface area (Å²) in [5, 5.41) is 21.0. The molecule has 0 aliphatic carbocycles. The molecule has 0 atom stereocenters. The van der Waals surface area contributed by atoms with Crippen molar-refractivity contribution >= 4 is 49.4 Å². The normalized spacial score (nSPS) is 13.9. The van der Waals surface area contributed by atoms with Crippen LogP contribution in [0.1, 0.15) is 5.56 Å². The number of halogens is 3. The Hall–Kier alpha value is -1.96. The number of hydrogen-bond donors (Lipinski definition) is 2. The Balaban J connectivity index is 2.53. The van der Waals surface area contributed by atoms with Crippen molar-refractivity contribution in [3.63, 3.8) is 0 Å². The number of hydrogen-bond acceptors (Lipinski definition) is 6. The van der Waals surface area contributed by atoms with E-state index in [0.717, 1.165) is 0 Å². The molecular weight excluding hydrogens is 465 g/mol. The number of nitrogens with zero attached hydrogens (tertiary/aromatic N) is 2. The second-order valence-electron chi connectivity index (χ2n) is 4.94. The lowest BCUT2D eigenvalue weighted by atomic mass is 10.1. The third kappa shape index (κ3) is 3.68. The maximum Gasteiger partial charge on any atom is 0.337 e. The largest absolute Gasteiger partial charge is 0.466 e. The Bertz CT molecular complexity index is 820. The van der Waals surface area contributed by atoms with Crippen LogP contribution in [-0.4, -0.2) is 48.7 Å². The maximum atomic E-state index is 14.2. The molecule has 0 aromatic heterocycles. The number of amides is 1. The second kappa shape index (κ2) is 7.95. The summed E-state index contributed by atoms with van der Waals surface area (Å²) in [6.07, 6.45) is 0. The van der Waals surface area contributed by atoms with Gasteiger partial charge in [0.25, 0.3) is 5.91 Å². The van der Waals surface area contributed by atoms with E-state index in [1.807, 2.05) is 0 Å². The summed E-state index contributed by atoms with van der Waals surface area (Å²) in [5.41, 5.74) is -0.413. The van der Waals surface area contributed by atoms with Crippen LogP contribution in [0.15, 0.2) is 26.3 Å². The van der Waals surface area contributed by atoms with Crippen LogP contribution < -0.4 is 5.32 Å². The van der Waals surface area contributed by atoms with Gasteiger partial charge in [-0.3, -0.25) is 4.79 Å². The summed E-state index contributed by atoms with van der Waals surface area (Å²) < 4.78 is 19.2. The van der Waals surface area contributed by atoms with E-state index in [4.69, 9.17) is 5.11 Å². The number of aliphatic hydroxyl groups is 1. The first kappa shape index (κ1) is 19.4. The van der Waals surface area contributed by atoms with E-state index < -0.39 is 17.7 Å². The zero-order valence-corrected chi connectivity index (χ0v) is 16.1. The quantitative estimate of drug-likeness (QED) is 0.497. The van der Waals surface area contributed by atoms with Crippen LogP contribution in [0.4, 0.5) is 10.1 Å². The lowest BCUT2D eigenvalue weighted by Crippen LogP contribution is -2.31. The first-order chi connectivity index (χ1) is 11.8. The van der Waals surface area contributed by atoms with Gasteiger partial charge >= 0.3 is 5.97 Å². The molecule has 1 heterocycles. The monoisotopic (exact) mass is 475 g/mol. The van der Waals surface area contributed by atoms with Crippen molar-refractivity contribution in [3.05, 3.63) is 37.7 Å². The van der Waals surface area contributed by atoms with Crippen molar-refractivity contribution in [1.82, 2.24) is 4.90 Å². The van der Waals surface area contributed by atoms with Gasteiger partial charge in [0.2, 0.25) is 0 Å². The molecule has 0 fully saturated rings. The van der Waals surface area contributed by atoms with Crippen LogP contribution in [0, 0.1) is 17.1 Å². The van der Waals surface area contributed by atoms with Crippen LogP contribution in [0.5, 0.6) is 0 Å². The molecule has 7 nitrogen and oxygen atoms in total. The molecule has 0 saturated heterocycles. The van der Waals surface area contributed by atoms with Crippen molar-refractivity contribution in [3.8, 4) is 6.07 Å². The molecule has 0 saturated carbocycles. The number of nitriles is 1. The third-order valence-electron chi connectivity index (χ3n) is 3.49. The topological polar surface area (TPSA) is 103 Å². The molecule has 10 heteroatoms. The van der Waals surface area contributed by atoms with Gasteiger partial charge in [-0.05, 0) is 37.9 Å². The number of benzene rings is 1. The summed E-state index contributed by atoms with van der Waals surface area (Å²) in [6, 6.07) is 3.10. The molecule has 1 amide bonds. The van der Waals surface area contributed by atoms with E-state index in [9.17, 15) is 19.2 Å². The van der Waals surface area contributed by atoms with E-state index in [1.165, 1.54) is 18.1 Å². The summed E-state index contributed by atoms with van der Waals surface area (Å²) in [4.78, 5) is 25.7. The Morgan fingerprint density at radius 2 is 2.20 bits per heavy atom. The van der Waals surface area contributed by atoms with E-state index in [-0.39, 0.29) is 46.7 Å². The van der Waals surface area contributed by atoms with Crippen molar-refractivity contribution in [2.75, 3.05) is 32.1 Å². The number of β-amino-alcohol motifs (C(OH)–C–C–N with tert-alkyl or cyclic N) is 1. The molecule has 0 bridgehead atoms. The van der Waals surface area contributed by atoms with E-state index >= 15 is 0 Å². The van der Waals surface area contributed by atoms with Gasteiger partial charge < -0.3 is 20.1 Å². The van der Waals surface area contributed by atoms with Crippen LogP contribution in [0.2, 0.25) is 0 Å². The molecule has 0 unspecified atom stereocenters. The molecular formula is C15H12Br2FN3O4. The van der Waals surface area contributed by atoms with Gasteiger partial charge in [0, 0.05) is 11.0 Å². The summed E-state index contributed by atoms with van der Waals surface area (Å²) in [6.45, 7) is -0.327. The number of carbonyl (C=O) groups excluding carboxylic acids is 2. The van der Waals surface area contributed by atoms with Gasteiger partial charge in [0.15, 0.2) is 5.82 Å². The Morgan fingerprint density at radius 1 is 1.52 bits per heavy atom. The fraction of sp³-hybridized carbons (Fsp3) is 0.267. The predicted octanol–water partition coefficient (Wildman–Crippen LogP) is 1.90. The van der Waals surface area contributed by atoms with Crippen LogP contribution in [0.3, 0.4) is 0 Å². The first-order valence-electron chi connectivity index (χ1n) is 6.91. The molecule has 2 rings (SSSR count). The average Bonchev–Trinajstić information content (AvgIpc) is 2.89. The van der Waals surface area contributed by atoms with Gasteiger partial charge in [-0.1, -0.05) is 0 Å². The van der Waals surface area contributed by atoms with Crippen molar-refractivity contribution in [2.24, 2.45) is 0 Å². The number of methoxy groups -OCH3 is 1. The number of carbonyl (C=O) groups is 2. The van der Waals surface area contributed by atoms with E-state index in [2.05, 4.69) is 41.9 Å². The zero-order chi connectivity index (χ0) is 18.7. The highest BCUT2D eigenvalue weighted by atomic mass is 79.9. The number of nitrogens with one attached hydrogen (secondary N) is 1. The average molecular weight is 477 g/mol. The number of esters is 1. The van der Waals surface area contributed by atoms with Crippen LogP contribution in [0.25, 0.3) is 0 Å². The Labute approximate surface area is 159 Å². The lowest BCUT2D eigenvalue weighted by molar-refractivity contribution is -0.136. The van der Waals surface area contributed by atoms with Gasteiger partial charge in [-0.2, -0.15) is 5.26 Å². The van der Waals surface area contributed by atoms with E-state index in [0.29, 0.717) is 4.47 Å². The minimum Gasteiger partial charge on any atom is -0.466 e. The lowest BCUT2D eigenvalue weighted by Gasteiger charge is -2.16. The Morgan fingerprint density at radius 3 is 2.76 bits per heavy atom. The molecule has 0 radical (unpaired) electrons. The number of aliphatic hydroxyl groups excluding tert-OH is 1. The molecule has 1 aliphatic rings. The minimum atomic E-state index is -0.800.